The lowest BCUT2D eigenvalue weighted by atomic mass is 10.1. The molecule has 0 aromatic heterocycles. The molecular weight excluding hydrogens is 862 g/mol. The number of phosphoric acid groups is 2. The van der Waals surface area contributed by atoms with Crippen LogP contribution < -0.4 is 0 Å². The second kappa shape index (κ2) is 39.2. The van der Waals surface area contributed by atoms with E-state index in [-0.39, 0.29) is 25.0 Å². The van der Waals surface area contributed by atoms with E-state index >= 15 is 0 Å². The summed E-state index contributed by atoms with van der Waals surface area (Å²) in [5.74, 6) is -1.15. The second-order valence-corrected chi connectivity index (χ2v) is 18.0. The first-order valence-corrected chi connectivity index (χ1v) is 26.1. The topological polar surface area (TPSA) is 208 Å². The lowest BCUT2D eigenvalue weighted by molar-refractivity contribution is -0.161. The summed E-state index contributed by atoms with van der Waals surface area (Å²) >= 11 is 0. The highest BCUT2D eigenvalue weighted by Gasteiger charge is 2.36. The molecule has 0 aromatic rings. The van der Waals surface area contributed by atoms with Gasteiger partial charge in [0, 0.05) is 12.8 Å². The Labute approximate surface area is 383 Å². The van der Waals surface area contributed by atoms with Gasteiger partial charge in [-0.15, -0.1) is 0 Å². The van der Waals surface area contributed by atoms with Crippen molar-refractivity contribution >= 4 is 27.6 Å². The number of aliphatic hydroxyl groups is 1. The zero-order chi connectivity index (χ0) is 47.0. The largest absolute Gasteiger partial charge is 0.472 e. The Bertz CT molecular complexity index is 1560. The van der Waals surface area contributed by atoms with E-state index in [4.69, 9.17) is 28.5 Å². The number of unbranched alkanes of at least 4 members (excludes halogenated alkanes) is 7. The van der Waals surface area contributed by atoms with Crippen LogP contribution in [0.1, 0.15) is 142 Å². The van der Waals surface area contributed by atoms with Gasteiger partial charge in [-0.1, -0.05) is 130 Å². The molecule has 0 saturated carbocycles. The van der Waals surface area contributed by atoms with Gasteiger partial charge in [0.2, 0.25) is 0 Å². The van der Waals surface area contributed by atoms with Crippen LogP contribution in [0, 0.1) is 0 Å². The van der Waals surface area contributed by atoms with Crippen molar-refractivity contribution in [1.29, 1.82) is 0 Å². The first-order valence-electron chi connectivity index (χ1n) is 23.1. The summed E-state index contributed by atoms with van der Waals surface area (Å²) < 4.78 is 53.5. The molecule has 3 unspecified atom stereocenters. The fourth-order valence-electron chi connectivity index (χ4n) is 5.76. The van der Waals surface area contributed by atoms with E-state index in [9.17, 15) is 28.7 Å². The van der Waals surface area contributed by atoms with Crippen LogP contribution in [-0.4, -0.2) is 82.6 Å². The maximum Gasteiger partial charge on any atom is 0.472 e. The fourth-order valence-corrected chi connectivity index (χ4v) is 6.92. The first-order chi connectivity index (χ1) is 30.8. The molecule has 14 nitrogen and oxygen atoms in total. The van der Waals surface area contributed by atoms with Gasteiger partial charge in [-0.25, -0.2) is 9.13 Å². The van der Waals surface area contributed by atoms with Gasteiger partial charge < -0.3 is 34.0 Å². The number of carbonyl (C=O) groups excluding carboxylic acids is 2. The zero-order valence-electron chi connectivity index (χ0n) is 38.3. The quantitative estimate of drug-likeness (QED) is 0.0148. The third kappa shape index (κ3) is 39.4. The number of carbonyl (C=O) groups is 2. The molecule has 0 bridgehead atoms. The summed E-state index contributed by atoms with van der Waals surface area (Å²) in [6.45, 7) is 1.49. The minimum Gasteiger partial charge on any atom is -0.462 e. The molecule has 16 heteroatoms. The highest BCUT2D eigenvalue weighted by Crippen LogP contribution is 2.44. The smallest absolute Gasteiger partial charge is 0.462 e. The van der Waals surface area contributed by atoms with Crippen LogP contribution in [0.15, 0.2) is 97.2 Å². The minimum absolute atomic E-state index is 0.0711. The van der Waals surface area contributed by atoms with Gasteiger partial charge >= 0.3 is 27.6 Å². The van der Waals surface area contributed by atoms with Crippen molar-refractivity contribution in [3.8, 4) is 0 Å². The Morgan fingerprint density at radius 2 is 1.02 bits per heavy atom. The summed E-state index contributed by atoms with van der Waals surface area (Å²) in [4.78, 5) is 52.8. The van der Waals surface area contributed by atoms with Gasteiger partial charge in [-0.05, 0) is 96.3 Å². The first kappa shape index (κ1) is 59.0. The predicted octanol–water partition coefficient (Wildman–Crippen LogP) is 11.1. The van der Waals surface area contributed by atoms with Gasteiger partial charge in [-0.2, -0.15) is 0 Å². The second-order valence-electron chi connectivity index (χ2n) is 15.3. The Morgan fingerprint density at radius 1 is 0.547 bits per heavy atom. The molecule has 4 N–H and O–H groups in total. The molecule has 0 amide bonds. The zero-order valence-corrected chi connectivity index (χ0v) is 40.1. The van der Waals surface area contributed by atoms with E-state index < -0.39 is 66.2 Å². The summed E-state index contributed by atoms with van der Waals surface area (Å²) in [5, 5.41) is 9.77. The average molecular weight is 941 g/mol. The SMILES string of the molecule is CC/C=C\C/C=C\C/C=C\C/C=C\C/C=C\CCCCCC(=O)O[C@H](COC(=O)CCC/C=C\CC1OC1C/C=C\C/C=C\CCCCC)COP(=O)(O)OC[C@@H](O)COP(=O)(O)O. The monoisotopic (exact) mass is 940 g/mol. The molecule has 0 aromatic carbocycles. The Morgan fingerprint density at radius 3 is 1.59 bits per heavy atom. The van der Waals surface area contributed by atoms with Crippen LogP contribution in [0.5, 0.6) is 0 Å². The van der Waals surface area contributed by atoms with Crippen molar-refractivity contribution in [2.45, 2.75) is 167 Å². The molecule has 1 heterocycles. The van der Waals surface area contributed by atoms with Crippen molar-refractivity contribution in [1.82, 2.24) is 0 Å². The molecule has 364 valence electrons. The van der Waals surface area contributed by atoms with E-state index in [1.165, 1.54) is 19.3 Å². The van der Waals surface area contributed by atoms with Crippen LogP contribution in [-0.2, 0) is 46.5 Å². The molecule has 1 fully saturated rings. The van der Waals surface area contributed by atoms with Crippen LogP contribution in [0.2, 0.25) is 0 Å². The predicted molar refractivity (Wildman–Crippen MR) is 252 cm³/mol. The molecule has 5 atom stereocenters. The number of hydrogen-bond donors (Lipinski definition) is 4. The van der Waals surface area contributed by atoms with Gasteiger partial charge in [0.25, 0.3) is 0 Å². The van der Waals surface area contributed by atoms with Gasteiger partial charge in [0.15, 0.2) is 6.10 Å². The maximum absolute atomic E-state index is 12.7. The molecule has 0 spiro atoms. The number of esters is 2. The number of rotatable bonds is 41. The number of hydrogen-bond acceptors (Lipinski definition) is 11. The molecule has 1 aliphatic heterocycles. The molecule has 1 saturated heterocycles. The lowest BCUT2D eigenvalue weighted by Gasteiger charge is -2.20. The molecule has 64 heavy (non-hydrogen) atoms. The van der Waals surface area contributed by atoms with Crippen LogP contribution >= 0.6 is 15.6 Å². The normalized spacial score (nSPS) is 18.0. The molecule has 1 rings (SSSR count). The van der Waals surface area contributed by atoms with Crippen molar-refractivity contribution < 1.29 is 66.3 Å². The van der Waals surface area contributed by atoms with Crippen molar-refractivity contribution in [2.75, 3.05) is 26.4 Å². The highest BCUT2D eigenvalue weighted by molar-refractivity contribution is 7.47. The van der Waals surface area contributed by atoms with Crippen molar-refractivity contribution in [2.24, 2.45) is 0 Å². The number of aliphatic hydroxyl groups excluding tert-OH is 1. The summed E-state index contributed by atoms with van der Waals surface area (Å²) in [6.07, 6.45) is 48.5. The van der Waals surface area contributed by atoms with E-state index in [1.807, 2.05) is 6.08 Å². The Hall–Kier alpha value is -3.00. The highest BCUT2D eigenvalue weighted by atomic mass is 31.2. The summed E-state index contributed by atoms with van der Waals surface area (Å²) in [7, 11) is -9.73. The van der Waals surface area contributed by atoms with Crippen LogP contribution in [0.4, 0.5) is 0 Å². The average Bonchev–Trinajstić information content (AvgIpc) is 4.02. The Kier molecular flexibility index (Phi) is 36.1. The van der Waals surface area contributed by atoms with Crippen LogP contribution in [0.25, 0.3) is 0 Å². The van der Waals surface area contributed by atoms with Gasteiger partial charge in [0.05, 0.1) is 32.0 Å². The number of epoxide rings is 1. The summed E-state index contributed by atoms with van der Waals surface area (Å²) in [6, 6.07) is 0. The minimum atomic E-state index is -4.88. The van der Waals surface area contributed by atoms with Gasteiger partial charge in [0.1, 0.15) is 12.7 Å². The van der Waals surface area contributed by atoms with Crippen molar-refractivity contribution in [3.05, 3.63) is 97.2 Å². The molecular formula is C48H78O14P2. The molecule has 1 aliphatic rings. The molecule has 0 radical (unpaired) electrons. The summed E-state index contributed by atoms with van der Waals surface area (Å²) in [5.41, 5.74) is 0. The van der Waals surface area contributed by atoms with E-state index in [0.29, 0.717) is 19.3 Å². The van der Waals surface area contributed by atoms with E-state index in [2.05, 4.69) is 114 Å². The standard InChI is InChI=1S/C48H78O14P2/c1-3-5-7-9-11-13-14-15-16-17-18-19-20-21-22-24-26-28-34-38-48(51)61-44(42-60-64(55,56)59-40-43(49)39-58-63(52,53)54)41-57-47(50)37-33-30-29-32-36-46-45(62-46)35-31-27-25-23-12-10-8-6-4-2/h5,7,11-13,15-16,18-19,21-23,27,29,31-32,43-46,49H,3-4,6,8-10,14,17,20,24-26,28,30,33-42H2,1-2H3,(H,55,56)(H2,52,53,54)/b7-5-,13-11-,16-15-,19-18-,22-21-,23-12-,31-27-,32-29-/t43-,44+,45?,46?/m0/s1. The van der Waals surface area contributed by atoms with E-state index in [1.54, 1.807) is 0 Å². The number of ether oxygens (including phenoxy) is 3. The maximum atomic E-state index is 12.7. The third-order valence-corrected chi connectivity index (χ3v) is 10.8. The van der Waals surface area contributed by atoms with Crippen LogP contribution in [0.3, 0.4) is 0 Å². The van der Waals surface area contributed by atoms with Gasteiger partial charge in [-0.3, -0.25) is 23.2 Å². The van der Waals surface area contributed by atoms with E-state index in [0.717, 1.165) is 77.0 Å². The van der Waals surface area contributed by atoms with Crippen molar-refractivity contribution in [3.63, 3.8) is 0 Å². The number of phosphoric ester groups is 2. The lowest BCUT2D eigenvalue weighted by Crippen LogP contribution is -2.30. The fraction of sp³-hybridized carbons (Fsp3) is 0.625. The Balaban J connectivity index is 2.42. The number of allylic oxidation sites excluding steroid dienone is 14. The molecule has 0 aliphatic carbocycles. The third-order valence-electron chi connectivity index (χ3n) is 9.35.